The van der Waals surface area contributed by atoms with Crippen LogP contribution in [0.15, 0.2) is 18.2 Å². The maximum atomic E-state index is 13.5. The third-order valence-corrected chi connectivity index (χ3v) is 5.73. The summed E-state index contributed by atoms with van der Waals surface area (Å²) in [6, 6.07) is 3.01. The van der Waals surface area contributed by atoms with Crippen LogP contribution >= 0.6 is 11.3 Å². The minimum absolute atomic E-state index is 0.0523. The highest BCUT2D eigenvalue weighted by Gasteiger charge is 2.16. The summed E-state index contributed by atoms with van der Waals surface area (Å²) in [6.45, 7) is 0.195. The van der Waals surface area contributed by atoms with Gasteiger partial charge in [-0.05, 0) is 25.0 Å². The van der Waals surface area contributed by atoms with E-state index in [1.54, 1.807) is 0 Å². The monoisotopic (exact) mass is 410 g/mol. The van der Waals surface area contributed by atoms with E-state index in [1.165, 1.54) is 43.1 Å². The Balaban J connectivity index is 1.48. The van der Waals surface area contributed by atoms with Gasteiger partial charge < -0.3 is 21.1 Å². The molecule has 0 aliphatic heterocycles. The van der Waals surface area contributed by atoms with Gasteiger partial charge >= 0.3 is 6.03 Å². The fraction of sp³-hybridized carbons (Fsp3) is 0.474. The Kier molecular flexibility index (Phi) is 7.02. The third-order valence-electron chi connectivity index (χ3n) is 4.70. The number of carbonyl (C=O) groups excluding carboxylic acids is 1. The Hall–Kier alpha value is -2.42. The molecule has 1 aromatic heterocycles. The van der Waals surface area contributed by atoms with E-state index >= 15 is 0 Å². The topological polar surface area (TPSA) is 86.3 Å². The van der Waals surface area contributed by atoms with E-state index in [-0.39, 0.29) is 12.4 Å². The molecule has 152 valence electrons. The zero-order valence-corrected chi connectivity index (χ0v) is 16.2. The molecule has 28 heavy (non-hydrogen) atoms. The minimum atomic E-state index is -0.843. The van der Waals surface area contributed by atoms with Crippen LogP contribution in [0.3, 0.4) is 0 Å². The van der Waals surface area contributed by atoms with Gasteiger partial charge in [-0.3, -0.25) is 0 Å². The van der Waals surface area contributed by atoms with E-state index in [0.29, 0.717) is 22.5 Å². The lowest BCUT2D eigenvalue weighted by molar-refractivity contribution is 0.252. The van der Waals surface area contributed by atoms with Gasteiger partial charge in [0.25, 0.3) is 0 Å². The molecule has 2 amide bonds. The molecular formula is C19H24F2N4O2S. The minimum Gasteiger partial charge on any atom is -0.492 e. The number of urea groups is 1. The Morgan fingerprint density at radius 3 is 2.54 bits per heavy atom. The van der Waals surface area contributed by atoms with Crippen LogP contribution < -0.4 is 16.0 Å². The fourth-order valence-corrected chi connectivity index (χ4v) is 4.16. The van der Waals surface area contributed by atoms with Gasteiger partial charge in [0, 0.05) is 19.0 Å². The zero-order chi connectivity index (χ0) is 19.9. The SMILES string of the molecule is O=C(NCCc1sc(NC2CCCCCC2)nc1O)Nc1c(F)cccc1F. The molecule has 1 saturated carbocycles. The van der Waals surface area contributed by atoms with Crippen LogP contribution in [0.5, 0.6) is 5.88 Å². The number of nitrogens with one attached hydrogen (secondary N) is 3. The summed E-state index contributed by atoms with van der Waals surface area (Å²) in [4.78, 5) is 16.7. The molecule has 3 rings (SSSR count). The van der Waals surface area contributed by atoms with Crippen LogP contribution in [0, 0.1) is 11.6 Å². The molecule has 4 N–H and O–H groups in total. The van der Waals surface area contributed by atoms with E-state index in [9.17, 15) is 18.7 Å². The number of nitrogens with zero attached hydrogens (tertiary/aromatic N) is 1. The van der Waals surface area contributed by atoms with E-state index in [1.807, 2.05) is 0 Å². The number of anilines is 2. The van der Waals surface area contributed by atoms with Gasteiger partial charge in [-0.25, -0.2) is 13.6 Å². The van der Waals surface area contributed by atoms with Crippen LogP contribution in [0.1, 0.15) is 43.4 Å². The number of para-hydroxylation sites is 1. The van der Waals surface area contributed by atoms with Gasteiger partial charge in [-0.1, -0.05) is 43.1 Å². The van der Waals surface area contributed by atoms with Crippen molar-refractivity contribution in [2.45, 2.75) is 51.0 Å². The maximum absolute atomic E-state index is 13.5. The van der Waals surface area contributed by atoms with Gasteiger partial charge in [-0.2, -0.15) is 4.98 Å². The standard InChI is InChI=1S/C19H24F2N4O2S/c20-13-8-5-9-14(21)16(13)24-18(27)22-11-10-15-17(26)25-19(28-15)23-12-6-3-1-2-4-7-12/h5,8-9,12,26H,1-4,6-7,10-11H2,(H,23,25)(H2,22,24,27). The Bertz CT molecular complexity index is 787. The van der Waals surface area contributed by atoms with Crippen molar-refractivity contribution in [1.29, 1.82) is 0 Å². The number of rotatable bonds is 6. The second kappa shape index (κ2) is 9.68. The summed E-state index contributed by atoms with van der Waals surface area (Å²) >= 11 is 1.36. The quantitative estimate of drug-likeness (QED) is 0.523. The lowest BCUT2D eigenvalue weighted by Crippen LogP contribution is -2.31. The molecule has 1 fully saturated rings. The average Bonchev–Trinajstić information content (AvgIpc) is 2.83. The van der Waals surface area contributed by atoms with Crippen LogP contribution in [0.4, 0.5) is 24.4 Å². The van der Waals surface area contributed by atoms with E-state index in [2.05, 4.69) is 20.9 Å². The van der Waals surface area contributed by atoms with Crippen LogP contribution in [-0.2, 0) is 6.42 Å². The summed E-state index contributed by atoms with van der Waals surface area (Å²) in [7, 11) is 0. The fourth-order valence-electron chi connectivity index (χ4n) is 3.23. The van der Waals surface area contributed by atoms with Crippen molar-refractivity contribution < 1.29 is 18.7 Å². The molecule has 0 saturated heterocycles. The van der Waals surface area contributed by atoms with E-state index in [4.69, 9.17) is 0 Å². The number of benzene rings is 1. The first-order chi connectivity index (χ1) is 13.5. The molecule has 0 atom stereocenters. The van der Waals surface area contributed by atoms with E-state index in [0.717, 1.165) is 25.0 Å². The molecule has 0 radical (unpaired) electrons. The van der Waals surface area contributed by atoms with Crippen molar-refractivity contribution in [2.75, 3.05) is 17.2 Å². The molecule has 0 spiro atoms. The van der Waals surface area contributed by atoms with E-state index < -0.39 is 23.4 Å². The summed E-state index contributed by atoms with van der Waals surface area (Å²) in [5.74, 6) is -1.74. The number of thiazole rings is 1. The zero-order valence-electron chi connectivity index (χ0n) is 15.4. The first-order valence-corrected chi connectivity index (χ1v) is 10.3. The van der Waals surface area contributed by atoms with Crippen LogP contribution in [-0.4, -0.2) is 28.7 Å². The largest absolute Gasteiger partial charge is 0.492 e. The first-order valence-electron chi connectivity index (χ1n) is 9.47. The van der Waals surface area contributed by atoms with Gasteiger partial charge in [-0.15, -0.1) is 0 Å². The van der Waals surface area contributed by atoms with Gasteiger partial charge in [0.15, 0.2) is 5.13 Å². The van der Waals surface area contributed by atoms with Crippen molar-refractivity contribution in [2.24, 2.45) is 0 Å². The first kappa shape index (κ1) is 20.3. The predicted molar refractivity (Wildman–Crippen MR) is 106 cm³/mol. The number of hydrogen-bond acceptors (Lipinski definition) is 5. The van der Waals surface area contributed by atoms with Crippen molar-refractivity contribution in [3.63, 3.8) is 0 Å². The second-order valence-electron chi connectivity index (χ2n) is 6.83. The normalized spacial score (nSPS) is 15.1. The number of carbonyl (C=O) groups is 1. The number of hydrogen-bond donors (Lipinski definition) is 4. The molecule has 1 heterocycles. The smallest absolute Gasteiger partial charge is 0.319 e. The van der Waals surface area contributed by atoms with Crippen molar-refractivity contribution in [1.82, 2.24) is 10.3 Å². The number of halogens is 2. The predicted octanol–water partition coefficient (Wildman–Crippen LogP) is 4.63. The highest BCUT2D eigenvalue weighted by Crippen LogP contribution is 2.30. The Labute approximate surface area is 166 Å². The number of amides is 2. The molecule has 1 aliphatic rings. The van der Waals surface area contributed by atoms with Gasteiger partial charge in [0.1, 0.15) is 17.3 Å². The molecule has 1 aliphatic carbocycles. The number of aromatic nitrogens is 1. The molecule has 2 aromatic rings. The molecule has 6 nitrogen and oxygen atoms in total. The Morgan fingerprint density at radius 2 is 1.86 bits per heavy atom. The second-order valence-corrected chi connectivity index (χ2v) is 7.91. The van der Waals surface area contributed by atoms with Gasteiger partial charge in [0.05, 0.1) is 4.88 Å². The highest BCUT2D eigenvalue weighted by atomic mass is 32.1. The lowest BCUT2D eigenvalue weighted by atomic mass is 10.1. The maximum Gasteiger partial charge on any atom is 0.319 e. The summed E-state index contributed by atoms with van der Waals surface area (Å²) in [5, 5.41) is 18.8. The Morgan fingerprint density at radius 1 is 1.18 bits per heavy atom. The molecular weight excluding hydrogens is 386 g/mol. The summed E-state index contributed by atoms with van der Waals surface area (Å²) in [5.41, 5.74) is -0.490. The number of aromatic hydroxyl groups is 1. The molecule has 0 bridgehead atoms. The summed E-state index contributed by atoms with van der Waals surface area (Å²) in [6.07, 6.45) is 7.48. The van der Waals surface area contributed by atoms with Gasteiger partial charge in [0.2, 0.25) is 5.88 Å². The van der Waals surface area contributed by atoms with Crippen LogP contribution in [0.2, 0.25) is 0 Å². The molecule has 0 unspecified atom stereocenters. The van der Waals surface area contributed by atoms with Crippen molar-refractivity contribution in [3.8, 4) is 5.88 Å². The third kappa shape index (κ3) is 5.54. The summed E-state index contributed by atoms with van der Waals surface area (Å²) < 4.78 is 27.1. The highest BCUT2D eigenvalue weighted by molar-refractivity contribution is 7.15. The van der Waals surface area contributed by atoms with Crippen molar-refractivity contribution in [3.05, 3.63) is 34.7 Å². The molecule has 1 aromatic carbocycles. The van der Waals surface area contributed by atoms with Crippen molar-refractivity contribution >= 4 is 28.2 Å². The lowest BCUT2D eigenvalue weighted by Gasteiger charge is -2.14. The molecule has 9 heteroatoms. The average molecular weight is 410 g/mol. The van der Waals surface area contributed by atoms with Crippen LogP contribution in [0.25, 0.3) is 0 Å².